The second kappa shape index (κ2) is 11.8. The highest BCUT2D eigenvalue weighted by molar-refractivity contribution is 7.92. The average molecular weight is 519 g/mol. The zero-order valence-electron chi connectivity index (χ0n) is 19.7. The van der Waals surface area contributed by atoms with Crippen LogP contribution in [0.3, 0.4) is 0 Å². The molecule has 0 aromatic heterocycles. The maximum atomic E-state index is 12.7. The summed E-state index contributed by atoms with van der Waals surface area (Å²) in [4.78, 5) is 12.7. The Morgan fingerprint density at radius 1 is 0.943 bits per heavy atom. The molecule has 3 rings (SSSR count). The molecule has 0 aliphatic heterocycles. The first kappa shape index (κ1) is 26.2. The first-order valence-corrected chi connectivity index (χ1v) is 13.0. The number of rotatable bonds is 11. The number of amides is 1. The van der Waals surface area contributed by atoms with Gasteiger partial charge in [0, 0.05) is 18.0 Å². The molecule has 1 amide bonds. The Labute approximate surface area is 210 Å². The summed E-state index contributed by atoms with van der Waals surface area (Å²) in [5, 5.41) is 3.23. The molecule has 0 aliphatic rings. The van der Waals surface area contributed by atoms with Crippen molar-refractivity contribution >= 4 is 38.9 Å². The third-order valence-corrected chi connectivity index (χ3v) is 6.46. The maximum Gasteiger partial charge on any atom is 0.232 e. The van der Waals surface area contributed by atoms with Gasteiger partial charge in [-0.15, -0.1) is 0 Å². The highest BCUT2D eigenvalue weighted by Gasteiger charge is 2.18. The van der Waals surface area contributed by atoms with Gasteiger partial charge < -0.3 is 19.5 Å². The van der Waals surface area contributed by atoms with Crippen LogP contribution in [0.1, 0.15) is 12.8 Å². The molecule has 3 aromatic rings. The lowest BCUT2D eigenvalue weighted by atomic mass is 10.2. The molecule has 0 saturated heterocycles. The third-order valence-electron chi connectivity index (χ3n) is 5.03. The molecule has 0 unspecified atom stereocenters. The zero-order valence-corrected chi connectivity index (χ0v) is 21.2. The summed E-state index contributed by atoms with van der Waals surface area (Å²) >= 11 is 6.13. The van der Waals surface area contributed by atoms with Gasteiger partial charge in [0.05, 0.1) is 31.9 Å². The number of methoxy groups -OCH3 is 2. The van der Waals surface area contributed by atoms with E-state index in [0.29, 0.717) is 45.8 Å². The van der Waals surface area contributed by atoms with E-state index >= 15 is 0 Å². The van der Waals surface area contributed by atoms with E-state index in [4.69, 9.17) is 25.8 Å². The van der Waals surface area contributed by atoms with Gasteiger partial charge in [-0.25, -0.2) is 8.42 Å². The van der Waals surface area contributed by atoms with E-state index in [1.165, 1.54) is 11.4 Å². The van der Waals surface area contributed by atoms with Gasteiger partial charge in [0.1, 0.15) is 5.75 Å². The van der Waals surface area contributed by atoms with Gasteiger partial charge in [-0.05, 0) is 61.0 Å². The molecule has 0 aliphatic carbocycles. The van der Waals surface area contributed by atoms with Crippen LogP contribution in [0.5, 0.6) is 23.0 Å². The Hall–Kier alpha value is -3.43. The number of carbonyl (C=O) groups is 1. The molecule has 186 valence electrons. The largest absolute Gasteiger partial charge is 0.497 e. The minimum atomic E-state index is -3.54. The van der Waals surface area contributed by atoms with E-state index in [-0.39, 0.29) is 18.9 Å². The third kappa shape index (κ3) is 7.27. The molecule has 0 atom stereocenters. The van der Waals surface area contributed by atoms with Crippen LogP contribution in [0, 0.1) is 0 Å². The molecule has 0 bridgehead atoms. The van der Waals surface area contributed by atoms with E-state index in [1.807, 2.05) is 12.1 Å². The van der Waals surface area contributed by atoms with Crippen molar-refractivity contribution in [2.75, 3.05) is 36.6 Å². The van der Waals surface area contributed by atoms with E-state index < -0.39 is 10.0 Å². The fourth-order valence-electron chi connectivity index (χ4n) is 3.34. The summed E-state index contributed by atoms with van der Waals surface area (Å²) in [6.45, 7) is 0.138. The molecule has 0 fully saturated rings. The molecular formula is C25H27ClN2O6S. The normalized spacial score (nSPS) is 11.0. The molecule has 3 aromatic carbocycles. The number of hydrogen-bond donors (Lipinski definition) is 1. The summed E-state index contributed by atoms with van der Waals surface area (Å²) in [5.74, 6) is 1.73. The van der Waals surface area contributed by atoms with Gasteiger partial charge in [-0.3, -0.25) is 9.10 Å². The molecule has 8 nitrogen and oxygen atoms in total. The van der Waals surface area contributed by atoms with Crippen molar-refractivity contribution in [3.63, 3.8) is 0 Å². The molecule has 10 heteroatoms. The second-order valence-corrected chi connectivity index (χ2v) is 9.92. The number of sulfonamides is 1. The fraction of sp³-hybridized carbons (Fsp3) is 0.240. The number of hydrogen-bond acceptors (Lipinski definition) is 6. The van der Waals surface area contributed by atoms with Gasteiger partial charge >= 0.3 is 0 Å². The van der Waals surface area contributed by atoms with Crippen molar-refractivity contribution in [2.24, 2.45) is 0 Å². The predicted octanol–water partition coefficient (Wildman–Crippen LogP) is 5.33. The van der Waals surface area contributed by atoms with Crippen LogP contribution < -0.4 is 23.8 Å². The highest BCUT2D eigenvalue weighted by atomic mass is 35.5. The lowest BCUT2D eigenvalue weighted by Crippen LogP contribution is -2.31. The second-order valence-electron chi connectivity index (χ2n) is 7.58. The molecule has 0 spiro atoms. The number of nitrogens with zero attached hydrogens (tertiary/aromatic N) is 1. The SMILES string of the molecule is COc1ccc(N(CCCC(=O)Nc2cc(Cl)ccc2Oc2ccccc2OC)S(C)(=O)=O)cc1. The average Bonchev–Trinajstić information content (AvgIpc) is 2.83. The number of halogens is 1. The van der Waals surface area contributed by atoms with Gasteiger partial charge in [-0.2, -0.15) is 0 Å². The molecule has 0 heterocycles. The van der Waals surface area contributed by atoms with Crippen molar-refractivity contribution < 1.29 is 27.4 Å². The lowest BCUT2D eigenvalue weighted by Gasteiger charge is -2.22. The first-order chi connectivity index (χ1) is 16.7. The topological polar surface area (TPSA) is 94.2 Å². The van der Waals surface area contributed by atoms with Crippen LogP contribution in [0.25, 0.3) is 0 Å². The van der Waals surface area contributed by atoms with Gasteiger partial charge in [0.2, 0.25) is 15.9 Å². The van der Waals surface area contributed by atoms with Crippen LogP contribution in [-0.4, -0.2) is 41.3 Å². The van der Waals surface area contributed by atoms with E-state index in [2.05, 4.69) is 5.32 Å². The zero-order chi connectivity index (χ0) is 25.4. The van der Waals surface area contributed by atoms with E-state index in [0.717, 1.165) is 6.26 Å². The lowest BCUT2D eigenvalue weighted by molar-refractivity contribution is -0.116. The highest BCUT2D eigenvalue weighted by Crippen LogP contribution is 2.36. The summed E-state index contributed by atoms with van der Waals surface area (Å²) < 4.78 is 42.3. The summed E-state index contributed by atoms with van der Waals surface area (Å²) in [6, 6.07) is 18.7. The van der Waals surface area contributed by atoms with Crippen molar-refractivity contribution in [1.29, 1.82) is 0 Å². The predicted molar refractivity (Wildman–Crippen MR) is 138 cm³/mol. The Morgan fingerprint density at radius 2 is 1.63 bits per heavy atom. The molecular weight excluding hydrogens is 492 g/mol. The minimum Gasteiger partial charge on any atom is -0.497 e. The Balaban J connectivity index is 1.67. The quantitative estimate of drug-likeness (QED) is 0.368. The minimum absolute atomic E-state index is 0.0861. The van der Waals surface area contributed by atoms with E-state index in [9.17, 15) is 13.2 Å². The molecule has 35 heavy (non-hydrogen) atoms. The van der Waals surface area contributed by atoms with Crippen molar-refractivity contribution in [1.82, 2.24) is 0 Å². The molecule has 0 saturated carbocycles. The van der Waals surface area contributed by atoms with Gasteiger partial charge in [0.25, 0.3) is 0 Å². The van der Waals surface area contributed by atoms with Crippen LogP contribution >= 0.6 is 11.6 Å². The van der Waals surface area contributed by atoms with Crippen LogP contribution in [0.2, 0.25) is 5.02 Å². The van der Waals surface area contributed by atoms with Crippen LogP contribution in [0.15, 0.2) is 66.7 Å². The summed E-state index contributed by atoms with van der Waals surface area (Å²) in [7, 11) is -0.460. The summed E-state index contributed by atoms with van der Waals surface area (Å²) in [5.41, 5.74) is 0.888. The monoisotopic (exact) mass is 518 g/mol. The number of para-hydroxylation sites is 2. The van der Waals surface area contributed by atoms with Gasteiger partial charge in [0.15, 0.2) is 17.2 Å². The molecule has 1 N–H and O–H groups in total. The van der Waals surface area contributed by atoms with Crippen LogP contribution in [-0.2, 0) is 14.8 Å². The number of benzene rings is 3. The van der Waals surface area contributed by atoms with E-state index in [1.54, 1.807) is 61.7 Å². The number of anilines is 2. The maximum absolute atomic E-state index is 12.7. The first-order valence-electron chi connectivity index (χ1n) is 10.7. The summed E-state index contributed by atoms with van der Waals surface area (Å²) in [6.07, 6.45) is 1.52. The molecule has 0 radical (unpaired) electrons. The number of carbonyl (C=O) groups excluding carboxylic acids is 1. The standard InChI is InChI=1S/C25H27ClN2O6S/c1-32-20-13-11-19(12-14-20)28(35(3,30)31)16-6-9-25(29)27-21-17-18(26)10-15-22(21)34-24-8-5-4-7-23(24)33-2/h4-5,7-8,10-15,17H,6,9,16H2,1-3H3,(H,27,29). The fourth-order valence-corrected chi connectivity index (χ4v) is 4.48. The Kier molecular flexibility index (Phi) is 8.84. The van der Waals surface area contributed by atoms with Crippen molar-refractivity contribution in [2.45, 2.75) is 12.8 Å². The smallest absolute Gasteiger partial charge is 0.232 e. The van der Waals surface area contributed by atoms with Crippen molar-refractivity contribution in [3.8, 4) is 23.0 Å². The van der Waals surface area contributed by atoms with Crippen LogP contribution in [0.4, 0.5) is 11.4 Å². The Bertz CT molecular complexity index is 1270. The Morgan fingerprint density at radius 3 is 2.26 bits per heavy atom. The number of nitrogens with one attached hydrogen (secondary N) is 1. The van der Waals surface area contributed by atoms with Gasteiger partial charge in [-0.1, -0.05) is 23.7 Å². The van der Waals surface area contributed by atoms with Crippen molar-refractivity contribution in [3.05, 3.63) is 71.8 Å². The number of ether oxygens (including phenoxy) is 3.